The minimum Gasteiger partial charge on any atom is -0.494 e. The van der Waals surface area contributed by atoms with E-state index in [0.29, 0.717) is 19.6 Å². The zero-order valence-electron chi connectivity index (χ0n) is 12.7. The van der Waals surface area contributed by atoms with Crippen molar-refractivity contribution in [1.82, 2.24) is 4.90 Å². The molecule has 6 nitrogen and oxygen atoms in total. The van der Waals surface area contributed by atoms with E-state index in [1.165, 1.54) is 0 Å². The molecule has 1 aliphatic rings. The Kier molecular flexibility index (Phi) is 5.42. The van der Waals surface area contributed by atoms with Gasteiger partial charge in [0.1, 0.15) is 11.0 Å². The predicted octanol–water partition coefficient (Wildman–Crippen LogP) is 0.907. The summed E-state index contributed by atoms with van der Waals surface area (Å²) in [5, 5.41) is 4.34. The van der Waals surface area contributed by atoms with Crippen molar-refractivity contribution in [2.24, 2.45) is 5.14 Å². The van der Waals surface area contributed by atoms with Gasteiger partial charge >= 0.3 is 0 Å². The normalized spacial score (nSPS) is 18.7. The average molecular weight is 326 g/mol. The monoisotopic (exact) mass is 326 g/mol. The molecule has 0 saturated carbocycles. The molecule has 1 atom stereocenters. The van der Waals surface area contributed by atoms with Crippen molar-refractivity contribution in [3.63, 3.8) is 0 Å². The molecule has 1 fully saturated rings. The Morgan fingerprint density at radius 3 is 2.82 bits per heavy atom. The van der Waals surface area contributed by atoms with Crippen LogP contribution in [0.1, 0.15) is 25.3 Å². The number of carbonyl (C=O) groups is 1. The molecule has 0 bridgehead atoms. The fourth-order valence-corrected chi connectivity index (χ4v) is 3.21. The van der Waals surface area contributed by atoms with Gasteiger partial charge in [-0.3, -0.25) is 4.79 Å². The Morgan fingerprint density at radius 2 is 2.18 bits per heavy atom. The second kappa shape index (κ2) is 7.11. The third-order valence-corrected chi connectivity index (χ3v) is 4.93. The molecule has 1 unspecified atom stereocenters. The van der Waals surface area contributed by atoms with Crippen LogP contribution in [0, 0.1) is 0 Å². The highest BCUT2D eigenvalue weighted by atomic mass is 32.2. The van der Waals surface area contributed by atoms with Crippen molar-refractivity contribution in [2.45, 2.75) is 31.4 Å². The van der Waals surface area contributed by atoms with Crippen molar-refractivity contribution in [1.29, 1.82) is 0 Å². The second-order valence-corrected chi connectivity index (χ2v) is 7.35. The van der Waals surface area contributed by atoms with E-state index in [1.807, 2.05) is 31.2 Å². The molecule has 0 spiro atoms. The van der Waals surface area contributed by atoms with Gasteiger partial charge in [0.25, 0.3) is 0 Å². The molecule has 0 radical (unpaired) electrons. The summed E-state index contributed by atoms with van der Waals surface area (Å²) in [5.74, 6) is 0.659. The van der Waals surface area contributed by atoms with Crippen LogP contribution in [-0.4, -0.2) is 44.2 Å². The largest absolute Gasteiger partial charge is 0.494 e. The van der Waals surface area contributed by atoms with Crippen molar-refractivity contribution < 1.29 is 17.9 Å². The van der Waals surface area contributed by atoms with Gasteiger partial charge in [0.15, 0.2) is 0 Å². The van der Waals surface area contributed by atoms with E-state index in [-0.39, 0.29) is 18.9 Å². The lowest BCUT2D eigenvalue weighted by Gasteiger charge is -2.16. The Morgan fingerprint density at radius 1 is 1.41 bits per heavy atom. The number of nitrogens with zero attached hydrogens (tertiary/aromatic N) is 1. The van der Waals surface area contributed by atoms with Gasteiger partial charge in [-0.05, 0) is 30.5 Å². The van der Waals surface area contributed by atoms with Gasteiger partial charge in [0.05, 0.1) is 6.61 Å². The van der Waals surface area contributed by atoms with E-state index in [0.717, 1.165) is 17.7 Å². The summed E-state index contributed by atoms with van der Waals surface area (Å²) in [6.07, 6.45) is 1.59. The van der Waals surface area contributed by atoms with Gasteiger partial charge in [0.2, 0.25) is 15.9 Å². The highest BCUT2D eigenvalue weighted by Crippen LogP contribution is 2.18. The van der Waals surface area contributed by atoms with Crippen LogP contribution in [0.3, 0.4) is 0 Å². The summed E-state index contributed by atoms with van der Waals surface area (Å²) in [5.41, 5.74) is 1.06. The summed E-state index contributed by atoms with van der Waals surface area (Å²) < 4.78 is 28.2. The van der Waals surface area contributed by atoms with E-state index in [1.54, 1.807) is 4.90 Å². The summed E-state index contributed by atoms with van der Waals surface area (Å²) in [4.78, 5) is 13.4. The topological polar surface area (TPSA) is 89.7 Å². The average Bonchev–Trinajstić information content (AvgIpc) is 2.85. The fourth-order valence-electron chi connectivity index (χ4n) is 2.45. The number of ether oxygens (including phenoxy) is 1. The van der Waals surface area contributed by atoms with Crippen LogP contribution in [0.2, 0.25) is 0 Å². The summed E-state index contributed by atoms with van der Waals surface area (Å²) in [6.45, 7) is 3.39. The molecule has 7 heteroatoms. The number of rotatable bonds is 7. The van der Waals surface area contributed by atoms with E-state index >= 15 is 0 Å². The molecule has 22 heavy (non-hydrogen) atoms. The van der Waals surface area contributed by atoms with E-state index < -0.39 is 15.3 Å². The Hall–Kier alpha value is -1.60. The van der Waals surface area contributed by atoms with Crippen molar-refractivity contribution >= 4 is 15.9 Å². The van der Waals surface area contributed by atoms with Gasteiger partial charge in [-0.25, -0.2) is 13.6 Å². The van der Waals surface area contributed by atoms with E-state index in [9.17, 15) is 13.2 Å². The number of nitrogens with two attached hydrogens (primary N) is 1. The van der Waals surface area contributed by atoms with Crippen LogP contribution in [0.25, 0.3) is 0 Å². The maximum Gasteiger partial charge on any atom is 0.224 e. The Balaban J connectivity index is 1.92. The Bertz CT molecular complexity index is 630. The summed E-state index contributed by atoms with van der Waals surface area (Å²) >= 11 is 0. The van der Waals surface area contributed by atoms with Gasteiger partial charge in [-0.1, -0.05) is 19.1 Å². The quantitative estimate of drug-likeness (QED) is 0.806. The Labute approximate surface area is 131 Å². The molecule has 1 amide bonds. The summed E-state index contributed by atoms with van der Waals surface area (Å²) in [6, 6.07) is 7.74. The number of amides is 1. The molecule has 1 aromatic carbocycles. The summed E-state index contributed by atoms with van der Waals surface area (Å²) in [7, 11) is -3.65. The first-order chi connectivity index (χ1) is 10.4. The van der Waals surface area contributed by atoms with E-state index in [4.69, 9.17) is 9.88 Å². The highest BCUT2D eigenvalue weighted by molar-refractivity contribution is 7.89. The van der Waals surface area contributed by atoms with Gasteiger partial charge in [-0.2, -0.15) is 0 Å². The number of sulfonamides is 1. The first-order valence-corrected chi connectivity index (χ1v) is 9.02. The van der Waals surface area contributed by atoms with Gasteiger partial charge in [-0.15, -0.1) is 0 Å². The van der Waals surface area contributed by atoms with Gasteiger partial charge < -0.3 is 9.64 Å². The molecular weight excluding hydrogens is 304 g/mol. The number of benzene rings is 1. The fraction of sp³-hybridized carbons (Fsp3) is 0.533. The van der Waals surface area contributed by atoms with Crippen LogP contribution in [0.5, 0.6) is 5.75 Å². The second-order valence-electron chi connectivity index (χ2n) is 5.50. The number of likely N-dealkylation sites (tertiary alicyclic amines) is 1. The third-order valence-electron chi connectivity index (χ3n) is 3.69. The zero-order chi connectivity index (χ0) is 16.2. The predicted molar refractivity (Wildman–Crippen MR) is 84.0 cm³/mol. The first-order valence-electron chi connectivity index (χ1n) is 7.41. The standard InChI is InChI=1S/C15H22N2O4S/c1-2-8-21-13-5-3-4-12(9-13)6-7-17-11-14(10-15(17)18)22(16,19)20/h3-5,9,14H,2,6-8,10-11H2,1H3,(H2,16,19,20). The van der Waals surface area contributed by atoms with E-state index in [2.05, 4.69) is 0 Å². The molecule has 0 aromatic heterocycles. The molecule has 1 aliphatic heterocycles. The van der Waals surface area contributed by atoms with Crippen LogP contribution in [0.15, 0.2) is 24.3 Å². The van der Waals surface area contributed by atoms with Crippen LogP contribution in [0.4, 0.5) is 0 Å². The molecule has 0 aliphatic carbocycles. The van der Waals surface area contributed by atoms with Crippen molar-refractivity contribution in [2.75, 3.05) is 19.7 Å². The SMILES string of the molecule is CCCOc1cccc(CCN2CC(S(N)(=O)=O)CC2=O)c1. The highest BCUT2D eigenvalue weighted by Gasteiger charge is 2.35. The zero-order valence-corrected chi connectivity index (χ0v) is 13.5. The van der Waals surface area contributed by atoms with Crippen molar-refractivity contribution in [3.05, 3.63) is 29.8 Å². The molecule has 1 heterocycles. The molecular formula is C15H22N2O4S. The maximum absolute atomic E-state index is 11.8. The molecule has 1 saturated heterocycles. The number of primary sulfonamides is 1. The van der Waals surface area contributed by atoms with Crippen LogP contribution >= 0.6 is 0 Å². The molecule has 122 valence electrons. The van der Waals surface area contributed by atoms with Crippen LogP contribution < -0.4 is 9.88 Å². The number of carbonyl (C=O) groups excluding carboxylic acids is 1. The minimum atomic E-state index is -3.65. The lowest BCUT2D eigenvalue weighted by molar-refractivity contribution is -0.127. The van der Waals surface area contributed by atoms with Gasteiger partial charge in [0, 0.05) is 19.5 Å². The number of hydrogen-bond acceptors (Lipinski definition) is 4. The third kappa shape index (κ3) is 4.45. The molecule has 1 aromatic rings. The van der Waals surface area contributed by atoms with Crippen molar-refractivity contribution in [3.8, 4) is 5.75 Å². The molecule has 2 N–H and O–H groups in total. The lowest BCUT2D eigenvalue weighted by Crippen LogP contribution is -2.33. The number of hydrogen-bond donors (Lipinski definition) is 1. The smallest absolute Gasteiger partial charge is 0.224 e. The first kappa shape index (κ1) is 16.8. The molecule has 2 rings (SSSR count). The lowest BCUT2D eigenvalue weighted by atomic mass is 10.1. The maximum atomic E-state index is 11.8. The minimum absolute atomic E-state index is 0.0154. The van der Waals surface area contributed by atoms with Crippen LogP contribution in [-0.2, 0) is 21.2 Å².